The molecule has 0 saturated heterocycles. The summed E-state index contributed by atoms with van der Waals surface area (Å²) in [5, 5.41) is 13.8. The highest BCUT2D eigenvalue weighted by atomic mass is 16.3. The third-order valence-corrected chi connectivity index (χ3v) is 3.43. The number of rotatable bonds is 8. The monoisotopic (exact) mass is 249 g/mol. The van der Waals surface area contributed by atoms with Gasteiger partial charge in [-0.05, 0) is 31.9 Å². The first kappa shape index (κ1) is 15.2. The molecule has 0 spiro atoms. The Kier molecular flexibility index (Phi) is 6.99. The molecule has 1 aromatic rings. The third-order valence-electron chi connectivity index (χ3n) is 3.43. The van der Waals surface area contributed by atoms with Crippen LogP contribution >= 0.6 is 0 Å². The summed E-state index contributed by atoms with van der Waals surface area (Å²) in [7, 11) is 0. The number of hydrogen-bond donors (Lipinski definition) is 2. The maximum Gasteiger partial charge on any atom is 0.0942 e. The Balaban J connectivity index is 2.50. The first-order valence-corrected chi connectivity index (χ1v) is 7.17. The lowest BCUT2D eigenvalue weighted by Gasteiger charge is -2.23. The molecule has 2 unspecified atom stereocenters. The summed E-state index contributed by atoms with van der Waals surface area (Å²) in [6.07, 6.45) is 4.22. The highest BCUT2D eigenvalue weighted by Gasteiger charge is 2.18. The molecule has 0 aliphatic carbocycles. The van der Waals surface area contributed by atoms with Gasteiger partial charge in [0.05, 0.1) is 6.10 Å². The molecule has 1 rings (SSSR count). The Morgan fingerprint density at radius 3 is 2.33 bits per heavy atom. The van der Waals surface area contributed by atoms with E-state index in [-0.39, 0.29) is 6.04 Å². The van der Waals surface area contributed by atoms with E-state index in [0.717, 1.165) is 18.5 Å². The lowest BCUT2D eigenvalue weighted by Crippen LogP contribution is -2.35. The predicted octanol–water partition coefficient (Wildman–Crippen LogP) is 3.59. The smallest absolute Gasteiger partial charge is 0.0942 e. The largest absolute Gasteiger partial charge is 0.387 e. The van der Waals surface area contributed by atoms with Crippen LogP contribution in [0.25, 0.3) is 0 Å². The van der Waals surface area contributed by atoms with Crippen molar-refractivity contribution in [3.63, 3.8) is 0 Å². The van der Waals surface area contributed by atoms with E-state index in [9.17, 15) is 5.11 Å². The average molecular weight is 249 g/mol. The molecule has 0 aliphatic heterocycles. The third kappa shape index (κ3) is 4.79. The molecule has 0 aromatic heterocycles. The Hall–Kier alpha value is -0.860. The molecular weight excluding hydrogens is 222 g/mol. The predicted molar refractivity (Wildman–Crippen MR) is 77.7 cm³/mol. The van der Waals surface area contributed by atoms with Gasteiger partial charge in [-0.2, -0.15) is 0 Å². The number of hydrogen-bond acceptors (Lipinski definition) is 2. The molecular formula is C16H27NO. The van der Waals surface area contributed by atoms with E-state index in [0.29, 0.717) is 0 Å². The molecule has 0 saturated carbocycles. The van der Waals surface area contributed by atoms with Crippen LogP contribution in [0.3, 0.4) is 0 Å². The van der Waals surface area contributed by atoms with Crippen molar-refractivity contribution in [1.82, 2.24) is 5.32 Å². The fraction of sp³-hybridized carbons (Fsp3) is 0.625. The molecule has 0 aliphatic rings. The van der Waals surface area contributed by atoms with E-state index in [4.69, 9.17) is 0 Å². The summed E-state index contributed by atoms with van der Waals surface area (Å²) in [6.45, 7) is 7.39. The number of aliphatic hydroxyl groups is 1. The Morgan fingerprint density at radius 1 is 1.11 bits per heavy atom. The van der Waals surface area contributed by atoms with Crippen molar-refractivity contribution in [3.05, 3.63) is 35.4 Å². The number of aryl methyl sites for hydroxylation is 1. The Bertz CT molecular complexity index is 320. The molecule has 0 radical (unpaired) electrons. The number of nitrogens with one attached hydrogen (secondary N) is 1. The molecule has 18 heavy (non-hydrogen) atoms. The normalized spacial score (nSPS) is 14.4. The fourth-order valence-electron chi connectivity index (χ4n) is 2.14. The number of unbranched alkanes of at least 4 members (excludes halogenated alkanes) is 2. The maximum atomic E-state index is 10.4. The van der Waals surface area contributed by atoms with Crippen LogP contribution in [-0.4, -0.2) is 17.7 Å². The minimum atomic E-state index is -0.405. The molecule has 0 heterocycles. The van der Waals surface area contributed by atoms with Crippen LogP contribution in [0.15, 0.2) is 24.3 Å². The van der Waals surface area contributed by atoms with Crippen molar-refractivity contribution < 1.29 is 5.11 Å². The van der Waals surface area contributed by atoms with E-state index in [1.54, 1.807) is 0 Å². The summed E-state index contributed by atoms with van der Waals surface area (Å²) in [6, 6.07) is 8.32. The van der Waals surface area contributed by atoms with Gasteiger partial charge in [0.1, 0.15) is 0 Å². The van der Waals surface area contributed by atoms with Crippen molar-refractivity contribution in [1.29, 1.82) is 0 Å². The summed E-state index contributed by atoms with van der Waals surface area (Å²) in [5.41, 5.74) is 2.24. The summed E-state index contributed by atoms with van der Waals surface area (Å²) in [5.74, 6) is 0. The first-order chi connectivity index (χ1) is 8.69. The van der Waals surface area contributed by atoms with Gasteiger partial charge >= 0.3 is 0 Å². The topological polar surface area (TPSA) is 32.3 Å². The highest BCUT2D eigenvalue weighted by Crippen LogP contribution is 2.19. The molecule has 0 fully saturated rings. The van der Waals surface area contributed by atoms with Crippen molar-refractivity contribution in [3.8, 4) is 0 Å². The standard InChI is InChI=1S/C16H27NO/c1-4-6-7-12-17-15(5-2)16(18)14-10-8-13(3)9-11-14/h8-11,15-18H,4-7,12H2,1-3H3. The van der Waals surface area contributed by atoms with Gasteiger partial charge in [0, 0.05) is 6.04 Å². The zero-order valence-electron chi connectivity index (χ0n) is 11.9. The van der Waals surface area contributed by atoms with E-state index in [1.165, 1.54) is 24.8 Å². The second kappa shape index (κ2) is 8.28. The van der Waals surface area contributed by atoms with Gasteiger partial charge in [-0.25, -0.2) is 0 Å². The van der Waals surface area contributed by atoms with Crippen LogP contribution < -0.4 is 5.32 Å². The second-order valence-corrected chi connectivity index (χ2v) is 5.03. The van der Waals surface area contributed by atoms with E-state index < -0.39 is 6.10 Å². The minimum absolute atomic E-state index is 0.157. The lowest BCUT2D eigenvalue weighted by molar-refractivity contribution is 0.126. The molecule has 1 aromatic carbocycles. The van der Waals surface area contributed by atoms with Gasteiger partial charge in [0.2, 0.25) is 0 Å². The first-order valence-electron chi connectivity index (χ1n) is 7.17. The van der Waals surface area contributed by atoms with Gasteiger partial charge in [-0.15, -0.1) is 0 Å². The van der Waals surface area contributed by atoms with Gasteiger partial charge in [0.15, 0.2) is 0 Å². The van der Waals surface area contributed by atoms with Gasteiger partial charge in [-0.3, -0.25) is 0 Å². The van der Waals surface area contributed by atoms with Crippen LogP contribution in [0.5, 0.6) is 0 Å². The zero-order valence-corrected chi connectivity index (χ0v) is 11.9. The van der Waals surface area contributed by atoms with E-state index in [1.807, 2.05) is 12.1 Å². The van der Waals surface area contributed by atoms with E-state index >= 15 is 0 Å². The van der Waals surface area contributed by atoms with Crippen LogP contribution in [0.1, 0.15) is 56.8 Å². The van der Waals surface area contributed by atoms with Crippen molar-refractivity contribution in [2.45, 2.75) is 58.6 Å². The zero-order chi connectivity index (χ0) is 13.4. The van der Waals surface area contributed by atoms with Crippen LogP contribution in [0.4, 0.5) is 0 Å². The molecule has 0 bridgehead atoms. The van der Waals surface area contributed by atoms with Crippen LogP contribution in [-0.2, 0) is 0 Å². The van der Waals surface area contributed by atoms with Crippen molar-refractivity contribution >= 4 is 0 Å². The van der Waals surface area contributed by atoms with Gasteiger partial charge in [-0.1, -0.05) is 56.5 Å². The summed E-state index contributed by atoms with van der Waals surface area (Å²) < 4.78 is 0. The lowest BCUT2D eigenvalue weighted by atomic mass is 9.99. The molecule has 2 heteroatoms. The van der Waals surface area contributed by atoms with Crippen molar-refractivity contribution in [2.24, 2.45) is 0 Å². The quantitative estimate of drug-likeness (QED) is 0.690. The Labute approximate surface area is 111 Å². The number of aliphatic hydroxyl groups excluding tert-OH is 1. The minimum Gasteiger partial charge on any atom is -0.387 e. The summed E-state index contributed by atoms with van der Waals surface area (Å²) in [4.78, 5) is 0. The summed E-state index contributed by atoms with van der Waals surface area (Å²) >= 11 is 0. The van der Waals surface area contributed by atoms with Gasteiger partial charge < -0.3 is 10.4 Å². The van der Waals surface area contributed by atoms with Crippen molar-refractivity contribution in [2.75, 3.05) is 6.54 Å². The fourth-order valence-corrected chi connectivity index (χ4v) is 2.14. The Morgan fingerprint density at radius 2 is 1.78 bits per heavy atom. The number of benzene rings is 1. The van der Waals surface area contributed by atoms with Gasteiger partial charge in [0.25, 0.3) is 0 Å². The molecule has 2 nitrogen and oxygen atoms in total. The molecule has 0 amide bonds. The van der Waals surface area contributed by atoms with E-state index in [2.05, 4.69) is 38.2 Å². The van der Waals surface area contributed by atoms with Crippen LogP contribution in [0, 0.1) is 6.92 Å². The highest BCUT2D eigenvalue weighted by molar-refractivity contribution is 5.24. The average Bonchev–Trinajstić information content (AvgIpc) is 2.39. The van der Waals surface area contributed by atoms with Crippen LogP contribution in [0.2, 0.25) is 0 Å². The SMILES string of the molecule is CCCCCNC(CC)C(O)c1ccc(C)cc1. The maximum absolute atomic E-state index is 10.4. The molecule has 102 valence electrons. The second-order valence-electron chi connectivity index (χ2n) is 5.03. The molecule has 2 N–H and O–H groups in total. The molecule has 2 atom stereocenters.